The summed E-state index contributed by atoms with van der Waals surface area (Å²) < 4.78 is 0. The fraction of sp³-hybridized carbons (Fsp3) is 0.417. The third-order valence-electron chi connectivity index (χ3n) is 6.46. The minimum Gasteiger partial charge on any atom is -0.351 e. The summed E-state index contributed by atoms with van der Waals surface area (Å²) in [4.78, 5) is 29.8. The number of nitrogens with one attached hydrogen (secondary N) is 1. The van der Waals surface area contributed by atoms with Crippen molar-refractivity contribution in [3.05, 3.63) is 70.2 Å². The van der Waals surface area contributed by atoms with Gasteiger partial charge in [0.25, 0.3) is 5.91 Å². The number of hydrogen-bond acceptors (Lipinski definition) is 3. The second-order valence-corrected chi connectivity index (χ2v) is 8.86. The largest absolute Gasteiger partial charge is 0.351 e. The van der Waals surface area contributed by atoms with Crippen molar-refractivity contribution >= 4 is 23.4 Å². The Labute approximate surface area is 183 Å². The zero-order chi connectivity index (χ0) is 21.1. The highest BCUT2D eigenvalue weighted by molar-refractivity contribution is 6.30. The number of hydrogen-bond donors (Lipinski definition) is 1. The van der Waals surface area contributed by atoms with Gasteiger partial charge in [0, 0.05) is 43.3 Å². The van der Waals surface area contributed by atoms with Gasteiger partial charge in [0.15, 0.2) is 0 Å². The first-order valence-corrected chi connectivity index (χ1v) is 11.0. The number of nitrogens with zero attached hydrogens (tertiary/aromatic N) is 2. The van der Waals surface area contributed by atoms with Crippen molar-refractivity contribution in [1.29, 1.82) is 0 Å². The third-order valence-corrected chi connectivity index (χ3v) is 6.70. The number of carbonyl (C=O) groups is 2. The molecule has 0 unspecified atom stereocenters. The van der Waals surface area contributed by atoms with Crippen LogP contribution >= 0.6 is 11.6 Å². The van der Waals surface area contributed by atoms with Gasteiger partial charge in [0.05, 0.1) is 5.41 Å². The lowest BCUT2D eigenvalue weighted by Gasteiger charge is -2.40. The Bertz CT molecular complexity index is 916. The summed E-state index contributed by atoms with van der Waals surface area (Å²) in [6.45, 7) is 3.79. The second kappa shape index (κ2) is 8.78. The van der Waals surface area contributed by atoms with E-state index in [0.717, 1.165) is 56.6 Å². The van der Waals surface area contributed by atoms with Crippen molar-refractivity contribution < 1.29 is 9.59 Å². The number of rotatable bonds is 5. The van der Waals surface area contributed by atoms with Crippen LogP contribution in [0.1, 0.15) is 40.7 Å². The van der Waals surface area contributed by atoms with Crippen LogP contribution in [0.2, 0.25) is 5.02 Å². The summed E-state index contributed by atoms with van der Waals surface area (Å²) in [6.07, 6.45) is 2.73. The highest BCUT2D eigenvalue weighted by Crippen LogP contribution is 2.44. The summed E-state index contributed by atoms with van der Waals surface area (Å²) in [6, 6.07) is 15.2. The molecule has 1 N–H and O–H groups in total. The molecule has 0 atom stereocenters. The van der Waals surface area contributed by atoms with Crippen LogP contribution in [0.5, 0.6) is 0 Å². The van der Waals surface area contributed by atoms with Gasteiger partial charge in [0.2, 0.25) is 5.91 Å². The van der Waals surface area contributed by atoms with Gasteiger partial charge >= 0.3 is 0 Å². The molecular formula is C24H28ClN3O2. The zero-order valence-corrected chi connectivity index (χ0v) is 18.1. The van der Waals surface area contributed by atoms with Gasteiger partial charge in [-0.1, -0.05) is 42.3 Å². The fourth-order valence-corrected chi connectivity index (χ4v) is 4.46. The molecule has 158 valence electrons. The smallest absolute Gasteiger partial charge is 0.253 e. The van der Waals surface area contributed by atoms with Gasteiger partial charge in [-0.15, -0.1) is 0 Å². The summed E-state index contributed by atoms with van der Waals surface area (Å²) in [5.74, 6) is 0.127. The van der Waals surface area contributed by atoms with E-state index in [1.54, 1.807) is 0 Å². The van der Waals surface area contributed by atoms with Crippen molar-refractivity contribution in [2.24, 2.45) is 0 Å². The second-order valence-electron chi connectivity index (χ2n) is 8.42. The molecule has 1 aliphatic carbocycles. The maximum Gasteiger partial charge on any atom is 0.253 e. The molecule has 0 spiro atoms. The van der Waals surface area contributed by atoms with E-state index in [2.05, 4.69) is 17.3 Å². The average molecular weight is 426 g/mol. The lowest BCUT2D eigenvalue weighted by atomic mass is 9.64. The van der Waals surface area contributed by atoms with E-state index in [0.29, 0.717) is 17.1 Å². The minimum atomic E-state index is -0.470. The molecule has 2 aromatic rings. The molecule has 0 bridgehead atoms. The quantitative estimate of drug-likeness (QED) is 0.798. The van der Waals surface area contributed by atoms with Gasteiger partial charge in [-0.2, -0.15) is 0 Å². The van der Waals surface area contributed by atoms with Crippen LogP contribution < -0.4 is 5.32 Å². The van der Waals surface area contributed by atoms with E-state index in [4.69, 9.17) is 11.6 Å². The fourth-order valence-electron chi connectivity index (χ4n) is 4.27. The highest BCUT2D eigenvalue weighted by Gasteiger charge is 2.45. The molecule has 4 rings (SSSR count). The molecular weight excluding hydrogens is 398 g/mol. The SMILES string of the molecule is CN1CCN(C(=O)c2ccc(CNC(=O)C3(c4cccc(Cl)c4)CCC3)cc2)CC1. The van der Waals surface area contributed by atoms with Crippen LogP contribution in [0.4, 0.5) is 0 Å². The summed E-state index contributed by atoms with van der Waals surface area (Å²) >= 11 is 6.15. The maximum atomic E-state index is 13.0. The molecule has 0 radical (unpaired) electrons. The monoisotopic (exact) mass is 425 g/mol. The molecule has 30 heavy (non-hydrogen) atoms. The molecule has 1 aliphatic heterocycles. The van der Waals surface area contributed by atoms with Gasteiger partial charge < -0.3 is 15.1 Å². The van der Waals surface area contributed by atoms with E-state index in [1.165, 1.54) is 0 Å². The van der Waals surface area contributed by atoms with Crippen LogP contribution in [-0.4, -0.2) is 54.8 Å². The maximum absolute atomic E-state index is 13.0. The number of amides is 2. The van der Waals surface area contributed by atoms with E-state index in [-0.39, 0.29) is 11.8 Å². The Kier molecular flexibility index (Phi) is 6.11. The van der Waals surface area contributed by atoms with Gasteiger partial charge in [-0.25, -0.2) is 0 Å². The predicted octanol–water partition coefficient (Wildman–Crippen LogP) is 3.47. The number of carbonyl (C=O) groups excluding carboxylic acids is 2. The summed E-state index contributed by atoms with van der Waals surface area (Å²) in [5.41, 5.74) is 2.21. The van der Waals surface area contributed by atoms with E-state index in [9.17, 15) is 9.59 Å². The topological polar surface area (TPSA) is 52.6 Å². The van der Waals surface area contributed by atoms with Crippen molar-refractivity contribution in [1.82, 2.24) is 15.1 Å². The number of likely N-dealkylation sites (N-methyl/N-ethyl adjacent to an activating group) is 1. The molecule has 5 nitrogen and oxygen atoms in total. The lowest BCUT2D eigenvalue weighted by molar-refractivity contribution is -0.130. The van der Waals surface area contributed by atoms with Crippen LogP contribution in [0, 0.1) is 0 Å². The van der Waals surface area contributed by atoms with Crippen molar-refractivity contribution in [3.63, 3.8) is 0 Å². The molecule has 2 aliphatic rings. The summed E-state index contributed by atoms with van der Waals surface area (Å²) in [5, 5.41) is 3.75. The van der Waals surface area contributed by atoms with E-state index in [1.807, 2.05) is 53.4 Å². The van der Waals surface area contributed by atoms with E-state index >= 15 is 0 Å². The van der Waals surface area contributed by atoms with Crippen LogP contribution in [-0.2, 0) is 16.8 Å². The Morgan fingerprint density at radius 1 is 1.03 bits per heavy atom. The minimum absolute atomic E-state index is 0.0496. The lowest BCUT2D eigenvalue weighted by Crippen LogP contribution is -2.49. The first-order chi connectivity index (χ1) is 14.5. The molecule has 2 amide bonds. The van der Waals surface area contributed by atoms with E-state index < -0.39 is 5.41 Å². The third kappa shape index (κ3) is 4.23. The van der Waals surface area contributed by atoms with Crippen molar-refractivity contribution in [2.45, 2.75) is 31.2 Å². The van der Waals surface area contributed by atoms with Crippen molar-refractivity contribution in [2.75, 3.05) is 33.2 Å². The first-order valence-electron chi connectivity index (χ1n) is 10.6. The molecule has 1 saturated carbocycles. The normalized spacial score (nSPS) is 18.5. The van der Waals surface area contributed by atoms with Crippen LogP contribution in [0.25, 0.3) is 0 Å². The Hall–Kier alpha value is -2.37. The molecule has 6 heteroatoms. The molecule has 1 heterocycles. The van der Waals surface area contributed by atoms with Gasteiger partial charge in [0.1, 0.15) is 0 Å². The number of piperazine rings is 1. The predicted molar refractivity (Wildman–Crippen MR) is 119 cm³/mol. The standard InChI is InChI=1S/C24H28ClN3O2/c1-27-12-14-28(15-13-27)22(29)19-8-6-18(7-9-19)17-26-23(30)24(10-3-11-24)20-4-2-5-21(25)16-20/h2,4-9,16H,3,10-15,17H2,1H3,(H,26,30). The Morgan fingerprint density at radius 3 is 2.33 bits per heavy atom. The Balaban J connectivity index is 1.37. The molecule has 1 saturated heterocycles. The molecule has 0 aromatic heterocycles. The zero-order valence-electron chi connectivity index (χ0n) is 17.4. The molecule has 2 fully saturated rings. The Morgan fingerprint density at radius 2 is 1.73 bits per heavy atom. The average Bonchev–Trinajstić information content (AvgIpc) is 2.72. The van der Waals surface area contributed by atoms with Gasteiger partial charge in [-0.05, 0) is 55.3 Å². The summed E-state index contributed by atoms with van der Waals surface area (Å²) in [7, 11) is 2.07. The van der Waals surface area contributed by atoms with Gasteiger partial charge in [-0.3, -0.25) is 9.59 Å². The number of halogens is 1. The van der Waals surface area contributed by atoms with Crippen molar-refractivity contribution in [3.8, 4) is 0 Å². The van der Waals surface area contributed by atoms with Crippen LogP contribution in [0.15, 0.2) is 48.5 Å². The highest BCUT2D eigenvalue weighted by atomic mass is 35.5. The number of benzene rings is 2. The first kappa shape index (κ1) is 20.9. The molecule has 2 aromatic carbocycles. The van der Waals surface area contributed by atoms with Crippen LogP contribution in [0.3, 0.4) is 0 Å².